The number of aromatic nitrogens is 2. The van der Waals surface area contributed by atoms with Crippen LogP contribution in [0, 0.1) is 5.92 Å². The molecule has 6 heteroatoms. The van der Waals surface area contributed by atoms with Gasteiger partial charge in [-0.3, -0.25) is 9.48 Å². The maximum Gasteiger partial charge on any atom is 0.287 e. The zero-order valence-electron chi connectivity index (χ0n) is 11.7. The summed E-state index contributed by atoms with van der Waals surface area (Å²) in [6.45, 7) is 0.622. The molecule has 1 saturated carbocycles. The van der Waals surface area contributed by atoms with E-state index in [2.05, 4.69) is 10.4 Å². The SMILES string of the molecule is O=C(NC1CCCC1CO)c1ccc(Cn2cccn2)o1. The fraction of sp³-hybridized carbons (Fsp3) is 0.467. The number of carbonyl (C=O) groups excluding carboxylic acids is 1. The van der Waals surface area contributed by atoms with Gasteiger partial charge in [0.1, 0.15) is 5.76 Å². The normalized spacial score (nSPS) is 21.6. The minimum Gasteiger partial charge on any atom is -0.454 e. The van der Waals surface area contributed by atoms with E-state index in [0.717, 1.165) is 19.3 Å². The highest BCUT2D eigenvalue weighted by molar-refractivity contribution is 5.91. The summed E-state index contributed by atoms with van der Waals surface area (Å²) in [6, 6.07) is 5.35. The molecule has 0 aliphatic heterocycles. The van der Waals surface area contributed by atoms with E-state index in [1.807, 2.05) is 12.3 Å². The van der Waals surface area contributed by atoms with Crippen molar-refractivity contribution >= 4 is 5.91 Å². The van der Waals surface area contributed by atoms with Crippen LogP contribution in [0.15, 0.2) is 35.0 Å². The maximum atomic E-state index is 12.2. The van der Waals surface area contributed by atoms with Crippen molar-refractivity contribution in [3.8, 4) is 0 Å². The maximum absolute atomic E-state index is 12.2. The zero-order chi connectivity index (χ0) is 14.7. The predicted octanol–water partition coefficient (Wildman–Crippen LogP) is 1.42. The summed E-state index contributed by atoms with van der Waals surface area (Å²) < 4.78 is 7.30. The Kier molecular flexibility index (Phi) is 4.06. The number of aliphatic hydroxyl groups is 1. The number of furan rings is 1. The second-order valence-electron chi connectivity index (χ2n) is 5.42. The molecule has 0 radical (unpaired) electrons. The first-order chi connectivity index (χ1) is 10.3. The Bertz CT molecular complexity index is 591. The number of nitrogens with zero attached hydrogens (tertiary/aromatic N) is 2. The van der Waals surface area contributed by atoms with Crippen LogP contribution in [0.1, 0.15) is 35.6 Å². The van der Waals surface area contributed by atoms with Crippen LogP contribution < -0.4 is 5.32 Å². The quantitative estimate of drug-likeness (QED) is 0.872. The largest absolute Gasteiger partial charge is 0.454 e. The molecule has 2 aromatic heterocycles. The van der Waals surface area contributed by atoms with Crippen molar-refractivity contribution in [2.45, 2.75) is 31.8 Å². The van der Waals surface area contributed by atoms with Gasteiger partial charge in [-0.15, -0.1) is 0 Å². The summed E-state index contributed by atoms with van der Waals surface area (Å²) in [7, 11) is 0. The molecule has 21 heavy (non-hydrogen) atoms. The molecule has 3 rings (SSSR count). The third-order valence-electron chi connectivity index (χ3n) is 3.97. The fourth-order valence-electron chi connectivity index (χ4n) is 2.82. The van der Waals surface area contributed by atoms with Gasteiger partial charge in [0.25, 0.3) is 5.91 Å². The van der Waals surface area contributed by atoms with Gasteiger partial charge in [-0.05, 0) is 31.0 Å². The molecule has 1 amide bonds. The lowest BCUT2D eigenvalue weighted by atomic mass is 10.1. The Hall–Kier alpha value is -2.08. The van der Waals surface area contributed by atoms with Gasteiger partial charge in [0.15, 0.2) is 5.76 Å². The van der Waals surface area contributed by atoms with E-state index < -0.39 is 0 Å². The summed E-state index contributed by atoms with van der Waals surface area (Å²) in [5, 5.41) is 16.3. The smallest absolute Gasteiger partial charge is 0.287 e. The molecule has 2 N–H and O–H groups in total. The zero-order valence-corrected chi connectivity index (χ0v) is 11.7. The summed E-state index contributed by atoms with van der Waals surface area (Å²) >= 11 is 0. The molecule has 2 atom stereocenters. The minimum absolute atomic E-state index is 0.0437. The van der Waals surface area contributed by atoms with Crippen LogP contribution in [-0.4, -0.2) is 33.4 Å². The van der Waals surface area contributed by atoms with Crippen molar-refractivity contribution in [2.24, 2.45) is 5.92 Å². The monoisotopic (exact) mass is 289 g/mol. The lowest BCUT2D eigenvalue weighted by molar-refractivity contribution is 0.0886. The Labute approximate surface area is 122 Å². The average Bonchev–Trinajstić information content (AvgIpc) is 3.20. The van der Waals surface area contributed by atoms with Crippen LogP contribution in [0.4, 0.5) is 0 Å². The van der Waals surface area contributed by atoms with Crippen molar-refractivity contribution < 1.29 is 14.3 Å². The summed E-state index contributed by atoms with van der Waals surface area (Å²) in [4.78, 5) is 12.2. The molecule has 0 aromatic carbocycles. The van der Waals surface area contributed by atoms with Crippen molar-refractivity contribution in [3.63, 3.8) is 0 Å². The minimum atomic E-state index is -0.216. The third-order valence-corrected chi connectivity index (χ3v) is 3.97. The van der Waals surface area contributed by atoms with Crippen LogP contribution in [-0.2, 0) is 6.54 Å². The molecule has 6 nitrogen and oxygen atoms in total. The summed E-state index contributed by atoms with van der Waals surface area (Å²) in [5.41, 5.74) is 0. The number of rotatable bonds is 5. The molecular formula is C15H19N3O3. The van der Waals surface area contributed by atoms with E-state index in [-0.39, 0.29) is 24.5 Å². The highest BCUT2D eigenvalue weighted by Gasteiger charge is 2.28. The average molecular weight is 289 g/mol. The predicted molar refractivity (Wildman–Crippen MR) is 75.7 cm³/mol. The van der Waals surface area contributed by atoms with Crippen molar-refractivity contribution in [1.29, 1.82) is 0 Å². The molecule has 0 saturated heterocycles. The van der Waals surface area contributed by atoms with Crippen molar-refractivity contribution in [1.82, 2.24) is 15.1 Å². The lowest BCUT2D eigenvalue weighted by Crippen LogP contribution is -2.38. The molecular weight excluding hydrogens is 270 g/mol. The topological polar surface area (TPSA) is 80.3 Å². The van der Waals surface area contributed by atoms with Crippen LogP contribution in [0.3, 0.4) is 0 Å². The lowest BCUT2D eigenvalue weighted by Gasteiger charge is -2.18. The molecule has 112 valence electrons. The Morgan fingerprint density at radius 1 is 1.48 bits per heavy atom. The fourth-order valence-corrected chi connectivity index (χ4v) is 2.82. The molecule has 0 bridgehead atoms. The molecule has 1 aliphatic carbocycles. The van der Waals surface area contributed by atoms with E-state index in [0.29, 0.717) is 18.1 Å². The highest BCUT2D eigenvalue weighted by Crippen LogP contribution is 2.25. The standard InChI is InChI=1S/C15H19N3O3/c19-10-11-3-1-4-13(11)17-15(20)14-6-5-12(21-14)9-18-8-2-7-16-18/h2,5-8,11,13,19H,1,3-4,9-10H2,(H,17,20). The molecule has 1 fully saturated rings. The van der Waals surface area contributed by atoms with Gasteiger partial charge in [0, 0.05) is 31.0 Å². The van der Waals surface area contributed by atoms with Gasteiger partial charge in [-0.2, -0.15) is 5.10 Å². The molecule has 1 aliphatic rings. The molecule has 2 unspecified atom stereocenters. The Morgan fingerprint density at radius 2 is 2.38 bits per heavy atom. The van der Waals surface area contributed by atoms with Crippen molar-refractivity contribution in [3.05, 3.63) is 42.1 Å². The van der Waals surface area contributed by atoms with E-state index in [1.165, 1.54) is 0 Å². The van der Waals surface area contributed by atoms with E-state index >= 15 is 0 Å². The molecule has 2 heterocycles. The number of hydrogen-bond acceptors (Lipinski definition) is 4. The molecule has 2 aromatic rings. The third kappa shape index (κ3) is 3.16. The van der Waals surface area contributed by atoms with Gasteiger partial charge < -0.3 is 14.8 Å². The Morgan fingerprint density at radius 3 is 3.14 bits per heavy atom. The second-order valence-corrected chi connectivity index (χ2v) is 5.42. The van der Waals surface area contributed by atoms with Gasteiger partial charge in [-0.1, -0.05) is 6.42 Å². The van der Waals surface area contributed by atoms with Gasteiger partial charge in [0.2, 0.25) is 0 Å². The second kappa shape index (κ2) is 6.13. The van der Waals surface area contributed by atoms with Gasteiger partial charge in [0.05, 0.1) is 6.54 Å². The van der Waals surface area contributed by atoms with Crippen LogP contribution >= 0.6 is 0 Å². The number of aliphatic hydroxyl groups excluding tert-OH is 1. The van der Waals surface area contributed by atoms with E-state index in [4.69, 9.17) is 4.42 Å². The molecule has 0 spiro atoms. The number of amides is 1. The Balaban J connectivity index is 1.61. The van der Waals surface area contributed by atoms with E-state index in [9.17, 15) is 9.90 Å². The first kappa shape index (κ1) is 13.9. The van der Waals surface area contributed by atoms with Crippen LogP contribution in [0.2, 0.25) is 0 Å². The first-order valence-electron chi connectivity index (χ1n) is 7.24. The van der Waals surface area contributed by atoms with Crippen molar-refractivity contribution in [2.75, 3.05) is 6.61 Å². The summed E-state index contributed by atoms with van der Waals surface area (Å²) in [5.74, 6) is 0.939. The number of carbonyl (C=O) groups is 1. The highest BCUT2D eigenvalue weighted by atomic mass is 16.4. The van der Waals surface area contributed by atoms with Gasteiger partial charge >= 0.3 is 0 Å². The van der Waals surface area contributed by atoms with Gasteiger partial charge in [-0.25, -0.2) is 0 Å². The van der Waals surface area contributed by atoms with Crippen LogP contribution in [0.5, 0.6) is 0 Å². The van der Waals surface area contributed by atoms with Crippen LogP contribution in [0.25, 0.3) is 0 Å². The first-order valence-corrected chi connectivity index (χ1v) is 7.24. The summed E-state index contributed by atoms with van der Waals surface area (Å²) in [6.07, 6.45) is 6.46. The number of hydrogen-bond donors (Lipinski definition) is 2. The number of nitrogens with one attached hydrogen (secondary N) is 1. The van der Waals surface area contributed by atoms with E-state index in [1.54, 1.807) is 23.0 Å².